The number of nitrogens with zero attached hydrogens (tertiary/aromatic N) is 2. The number of carbonyl (C=O) groups is 2. The van der Waals surface area contributed by atoms with Gasteiger partial charge in [0.15, 0.2) is 0 Å². The molecule has 8 nitrogen and oxygen atoms in total. The molecule has 0 unspecified atom stereocenters. The molecule has 1 saturated heterocycles. The number of hydrogen-bond acceptors (Lipinski definition) is 5. The normalized spacial score (nSPS) is 14.1. The number of aromatic hydroxyl groups is 1. The van der Waals surface area contributed by atoms with Gasteiger partial charge in [-0.25, -0.2) is 13.1 Å². The largest absolute Gasteiger partial charge is 0.507 e. The first-order chi connectivity index (χ1) is 16.8. The maximum absolute atomic E-state index is 13.2. The van der Waals surface area contributed by atoms with Crippen molar-refractivity contribution in [2.45, 2.75) is 18.4 Å². The molecule has 35 heavy (non-hydrogen) atoms. The Bertz CT molecular complexity index is 1330. The van der Waals surface area contributed by atoms with Gasteiger partial charge in [0, 0.05) is 38.3 Å². The second kappa shape index (κ2) is 10.3. The topological polar surface area (TPSA) is 107 Å². The molecule has 3 aromatic carbocycles. The summed E-state index contributed by atoms with van der Waals surface area (Å²) in [6.45, 7) is 3.15. The summed E-state index contributed by atoms with van der Waals surface area (Å²) in [5.41, 5.74) is 2.04. The summed E-state index contributed by atoms with van der Waals surface area (Å²) >= 11 is 0. The van der Waals surface area contributed by atoms with Gasteiger partial charge in [0.05, 0.1) is 10.5 Å². The molecule has 2 N–H and O–H groups in total. The van der Waals surface area contributed by atoms with Crippen molar-refractivity contribution < 1.29 is 23.1 Å². The number of piperazine rings is 1. The molecule has 0 aromatic heterocycles. The number of rotatable bonds is 6. The average Bonchev–Trinajstić information content (AvgIpc) is 2.88. The molecule has 0 atom stereocenters. The van der Waals surface area contributed by atoms with Gasteiger partial charge in [0.25, 0.3) is 11.8 Å². The van der Waals surface area contributed by atoms with E-state index in [-0.39, 0.29) is 34.6 Å². The lowest BCUT2D eigenvalue weighted by Crippen LogP contribution is -2.50. The Kier molecular flexibility index (Phi) is 7.18. The lowest BCUT2D eigenvalue weighted by molar-refractivity contribution is 0.0533. The van der Waals surface area contributed by atoms with Gasteiger partial charge < -0.3 is 14.9 Å². The predicted octanol–water partition coefficient (Wildman–Crippen LogP) is 2.78. The van der Waals surface area contributed by atoms with E-state index in [2.05, 4.69) is 4.72 Å². The van der Waals surface area contributed by atoms with E-state index in [1.54, 1.807) is 41.0 Å². The summed E-state index contributed by atoms with van der Waals surface area (Å²) in [4.78, 5) is 29.2. The number of aryl methyl sites for hydroxylation is 1. The SMILES string of the molecule is Cc1ccc(S(=O)(=O)NCc2ccccc2)cc1C(=O)N1CCN(C(=O)c2ccccc2O)CC1. The summed E-state index contributed by atoms with van der Waals surface area (Å²) in [5.74, 6) is -0.647. The molecule has 3 aromatic rings. The molecule has 0 radical (unpaired) electrons. The van der Waals surface area contributed by atoms with Crippen molar-refractivity contribution in [1.82, 2.24) is 14.5 Å². The fraction of sp³-hybridized carbons (Fsp3) is 0.231. The molecule has 4 rings (SSSR count). The van der Waals surface area contributed by atoms with E-state index in [1.807, 2.05) is 30.3 Å². The number of carbonyl (C=O) groups excluding carboxylic acids is 2. The second-order valence-corrected chi connectivity index (χ2v) is 10.2. The fourth-order valence-electron chi connectivity index (χ4n) is 3.96. The highest BCUT2D eigenvalue weighted by molar-refractivity contribution is 7.89. The molecule has 1 aliphatic heterocycles. The molecule has 9 heteroatoms. The third-order valence-corrected chi connectivity index (χ3v) is 7.45. The number of benzene rings is 3. The lowest BCUT2D eigenvalue weighted by atomic mass is 10.1. The number of para-hydroxylation sites is 1. The minimum absolute atomic E-state index is 0.0238. The Morgan fingerprint density at radius 2 is 1.40 bits per heavy atom. The minimum atomic E-state index is -3.81. The summed E-state index contributed by atoms with van der Waals surface area (Å²) < 4.78 is 28.3. The Morgan fingerprint density at radius 1 is 0.829 bits per heavy atom. The van der Waals surface area contributed by atoms with Crippen molar-refractivity contribution in [2.24, 2.45) is 0 Å². The minimum Gasteiger partial charge on any atom is -0.507 e. The van der Waals surface area contributed by atoms with Crippen molar-refractivity contribution in [3.05, 3.63) is 95.1 Å². The van der Waals surface area contributed by atoms with Crippen LogP contribution in [0, 0.1) is 6.92 Å². The van der Waals surface area contributed by atoms with E-state index in [9.17, 15) is 23.1 Å². The van der Waals surface area contributed by atoms with Crippen LogP contribution < -0.4 is 4.72 Å². The Morgan fingerprint density at radius 3 is 2.03 bits per heavy atom. The summed E-state index contributed by atoms with van der Waals surface area (Å²) in [7, 11) is -3.81. The van der Waals surface area contributed by atoms with E-state index in [4.69, 9.17) is 0 Å². The van der Waals surface area contributed by atoms with Crippen LogP contribution in [0.15, 0.2) is 77.7 Å². The van der Waals surface area contributed by atoms with E-state index in [0.29, 0.717) is 37.3 Å². The molecular formula is C26H27N3O5S. The van der Waals surface area contributed by atoms with Crippen LogP contribution in [0.25, 0.3) is 0 Å². The zero-order valence-corrected chi connectivity index (χ0v) is 20.2. The third kappa shape index (κ3) is 5.52. The van der Waals surface area contributed by atoms with Crippen molar-refractivity contribution in [3.8, 4) is 5.75 Å². The monoisotopic (exact) mass is 493 g/mol. The van der Waals surface area contributed by atoms with E-state index >= 15 is 0 Å². The number of phenols is 1. The number of nitrogens with one attached hydrogen (secondary N) is 1. The Hall–Kier alpha value is -3.69. The molecule has 0 saturated carbocycles. The molecule has 182 valence electrons. The van der Waals surface area contributed by atoms with Crippen LogP contribution in [0.4, 0.5) is 0 Å². The van der Waals surface area contributed by atoms with Gasteiger partial charge in [-0.3, -0.25) is 9.59 Å². The number of phenolic OH excluding ortho intramolecular Hbond substituents is 1. The number of hydrogen-bond donors (Lipinski definition) is 2. The van der Waals surface area contributed by atoms with Crippen LogP contribution in [0.3, 0.4) is 0 Å². The zero-order valence-electron chi connectivity index (χ0n) is 19.3. The summed E-state index contributed by atoms with van der Waals surface area (Å²) in [6.07, 6.45) is 0. The highest BCUT2D eigenvalue weighted by Gasteiger charge is 2.28. The fourth-order valence-corrected chi connectivity index (χ4v) is 5.01. The molecule has 1 fully saturated rings. The molecular weight excluding hydrogens is 466 g/mol. The molecule has 1 aliphatic rings. The van der Waals surface area contributed by atoms with Crippen LogP contribution in [0.2, 0.25) is 0 Å². The van der Waals surface area contributed by atoms with Crippen molar-refractivity contribution >= 4 is 21.8 Å². The first-order valence-electron chi connectivity index (χ1n) is 11.3. The van der Waals surface area contributed by atoms with E-state index < -0.39 is 10.0 Å². The third-order valence-electron chi connectivity index (χ3n) is 6.05. The number of sulfonamides is 1. The summed E-state index contributed by atoms with van der Waals surface area (Å²) in [5, 5.41) is 9.96. The van der Waals surface area contributed by atoms with E-state index in [0.717, 1.165) is 5.56 Å². The quantitative estimate of drug-likeness (QED) is 0.549. The van der Waals surface area contributed by atoms with Gasteiger partial charge in [-0.1, -0.05) is 48.5 Å². The molecule has 0 aliphatic carbocycles. The molecule has 0 spiro atoms. The first-order valence-corrected chi connectivity index (χ1v) is 12.8. The maximum Gasteiger partial charge on any atom is 0.257 e. The van der Waals surface area contributed by atoms with Crippen LogP contribution in [-0.4, -0.2) is 61.3 Å². The van der Waals surface area contributed by atoms with E-state index in [1.165, 1.54) is 18.2 Å². The molecule has 1 heterocycles. The van der Waals surface area contributed by atoms with Gasteiger partial charge in [-0.15, -0.1) is 0 Å². The van der Waals surface area contributed by atoms with Crippen LogP contribution in [-0.2, 0) is 16.6 Å². The van der Waals surface area contributed by atoms with Crippen LogP contribution >= 0.6 is 0 Å². The predicted molar refractivity (Wildman–Crippen MR) is 132 cm³/mol. The zero-order chi connectivity index (χ0) is 25.0. The molecule has 0 bridgehead atoms. The van der Waals surface area contributed by atoms with Gasteiger partial charge >= 0.3 is 0 Å². The Labute approximate surface area is 204 Å². The highest BCUT2D eigenvalue weighted by atomic mass is 32.2. The van der Waals surface area contributed by atoms with Gasteiger partial charge in [-0.05, 0) is 42.3 Å². The Balaban J connectivity index is 1.44. The van der Waals surface area contributed by atoms with Crippen molar-refractivity contribution in [1.29, 1.82) is 0 Å². The van der Waals surface area contributed by atoms with Gasteiger partial charge in [0.1, 0.15) is 5.75 Å². The lowest BCUT2D eigenvalue weighted by Gasteiger charge is -2.35. The summed E-state index contributed by atoms with van der Waals surface area (Å²) in [6, 6.07) is 20.1. The first kappa shape index (κ1) is 24.4. The van der Waals surface area contributed by atoms with Gasteiger partial charge in [0.2, 0.25) is 10.0 Å². The second-order valence-electron chi connectivity index (χ2n) is 8.39. The highest BCUT2D eigenvalue weighted by Crippen LogP contribution is 2.21. The van der Waals surface area contributed by atoms with Crippen LogP contribution in [0.1, 0.15) is 31.8 Å². The van der Waals surface area contributed by atoms with Crippen LogP contribution in [0.5, 0.6) is 5.75 Å². The smallest absolute Gasteiger partial charge is 0.257 e. The standard InChI is InChI=1S/C26H27N3O5S/c1-19-11-12-21(35(33,34)27-18-20-7-3-2-4-8-20)17-23(19)26(32)29-15-13-28(14-16-29)25(31)22-9-5-6-10-24(22)30/h2-12,17,27,30H,13-16,18H2,1H3. The average molecular weight is 494 g/mol. The number of amides is 2. The molecule has 2 amide bonds. The maximum atomic E-state index is 13.2. The van der Waals surface area contributed by atoms with Crippen molar-refractivity contribution in [2.75, 3.05) is 26.2 Å². The van der Waals surface area contributed by atoms with Crippen molar-refractivity contribution in [3.63, 3.8) is 0 Å². The van der Waals surface area contributed by atoms with Gasteiger partial charge in [-0.2, -0.15) is 0 Å².